The molecule has 1 aromatic rings. The Morgan fingerprint density at radius 1 is 0.857 bits per heavy atom. The largest absolute Gasteiger partial charge is 4.00 e. The van der Waals surface area contributed by atoms with Crippen molar-refractivity contribution < 1.29 is 25.6 Å². The van der Waals surface area contributed by atoms with E-state index in [1.165, 1.54) is 0 Å². The maximum Gasteiger partial charge on any atom is 4.00 e. The topological polar surface area (TPSA) is 35.0 Å². The number of hydrogen-bond acceptors (Lipinski definition) is 5. The predicted molar refractivity (Wildman–Crippen MR) is 97.1 cm³/mol. The van der Waals surface area contributed by atoms with Crippen molar-refractivity contribution in [3.8, 4) is 0 Å². The fraction of sp³-hybridized carbons (Fsp3) is 0.571. The minimum absolute atomic E-state index is 0. The molecule has 0 atom stereocenters. The molecule has 0 saturated heterocycles. The second-order valence-corrected chi connectivity index (χ2v) is 5.84. The Kier molecular flexibility index (Phi) is 23.9. The number of likely N-dealkylation sites (N-methyl/N-ethyl adjacent to an activating group) is 1. The molecule has 0 aliphatic rings. The van der Waals surface area contributed by atoms with Crippen LogP contribution in [0.2, 0.25) is 0 Å². The van der Waals surface area contributed by atoms with Gasteiger partial charge in [-0.15, -0.1) is 12.6 Å². The summed E-state index contributed by atoms with van der Waals surface area (Å²) in [4.78, 5) is 5.60. The molecule has 1 aromatic carbocycles. The zero-order valence-electron chi connectivity index (χ0n) is 12.7. The van der Waals surface area contributed by atoms with Gasteiger partial charge in [0.1, 0.15) is 0 Å². The van der Waals surface area contributed by atoms with Crippen LogP contribution in [-0.2, 0) is 25.6 Å². The first kappa shape index (κ1) is 26.7. The van der Waals surface area contributed by atoms with Crippen molar-refractivity contribution in [2.75, 3.05) is 51.8 Å². The molecular formula is C14H26N2OS3Tc+2. The molecule has 1 rings (SSSR count). The molecule has 0 aliphatic heterocycles. The summed E-state index contributed by atoms with van der Waals surface area (Å²) in [7, 11) is 4.19. The maximum atomic E-state index is 4.22. The Balaban J connectivity index is -0.000000310. The summed E-state index contributed by atoms with van der Waals surface area (Å²) in [6.45, 7) is 4.37. The SMILES string of the molecule is CN(C)CCN(CCS)CCS.Sc1ccccc1.[O-2].[Tc+4]. The van der Waals surface area contributed by atoms with Crippen LogP contribution in [0.4, 0.5) is 0 Å². The third-order valence-electron chi connectivity index (χ3n) is 2.45. The van der Waals surface area contributed by atoms with Crippen LogP contribution in [0, 0.1) is 0 Å². The van der Waals surface area contributed by atoms with Crippen LogP contribution in [0.3, 0.4) is 0 Å². The van der Waals surface area contributed by atoms with Crippen LogP contribution >= 0.6 is 37.9 Å². The second-order valence-electron chi connectivity index (χ2n) is 4.43. The van der Waals surface area contributed by atoms with Gasteiger partial charge in [-0.3, -0.25) is 0 Å². The van der Waals surface area contributed by atoms with E-state index in [-0.39, 0.29) is 25.6 Å². The Labute approximate surface area is 159 Å². The molecule has 0 saturated carbocycles. The van der Waals surface area contributed by atoms with Gasteiger partial charge in [-0.1, -0.05) is 18.2 Å². The van der Waals surface area contributed by atoms with Crippen molar-refractivity contribution in [2.24, 2.45) is 0 Å². The molecule has 0 unspecified atom stereocenters. The minimum atomic E-state index is 0. The van der Waals surface area contributed by atoms with Crippen molar-refractivity contribution in [1.82, 2.24) is 9.80 Å². The van der Waals surface area contributed by atoms with Gasteiger partial charge in [-0.05, 0) is 26.2 Å². The van der Waals surface area contributed by atoms with Gasteiger partial charge < -0.3 is 15.3 Å². The molecular weight excluding hydrogens is 406 g/mol. The van der Waals surface area contributed by atoms with E-state index in [1.54, 1.807) is 0 Å². The quantitative estimate of drug-likeness (QED) is 0.579. The van der Waals surface area contributed by atoms with Crippen molar-refractivity contribution >= 4 is 37.9 Å². The minimum Gasteiger partial charge on any atom is -2.00 e. The van der Waals surface area contributed by atoms with Crippen molar-refractivity contribution in [3.05, 3.63) is 30.3 Å². The zero-order valence-corrected chi connectivity index (χ0v) is 17.2. The van der Waals surface area contributed by atoms with E-state index in [1.807, 2.05) is 30.3 Å². The van der Waals surface area contributed by atoms with Crippen LogP contribution in [0.15, 0.2) is 35.2 Å². The first-order valence-electron chi connectivity index (χ1n) is 6.43. The van der Waals surface area contributed by atoms with Crippen molar-refractivity contribution in [1.29, 1.82) is 0 Å². The molecule has 0 aliphatic carbocycles. The van der Waals surface area contributed by atoms with Crippen molar-refractivity contribution in [2.45, 2.75) is 4.90 Å². The van der Waals surface area contributed by atoms with Crippen LogP contribution in [0.25, 0.3) is 0 Å². The average molecular weight is 433 g/mol. The summed E-state index contributed by atoms with van der Waals surface area (Å²) >= 11 is 12.5. The van der Waals surface area contributed by atoms with E-state index in [2.05, 4.69) is 61.8 Å². The monoisotopic (exact) mass is 431 g/mol. The molecule has 121 valence electrons. The standard InChI is InChI=1S/C8H20N2S2.C6H6S.O.Tc/c1-9(2)3-4-10(5-7-11)6-8-12;7-6-4-2-1-3-5-6;;/h11-12H,3-8H2,1-2H3;1-5,7H;;/q;;-2;+4. The molecule has 7 heteroatoms. The average Bonchev–Trinajstić information content (AvgIpc) is 2.38. The molecule has 0 aromatic heterocycles. The van der Waals surface area contributed by atoms with E-state index in [9.17, 15) is 0 Å². The Morgan fingerprint density at radius 3 is 1.62 bits per heavy atom. The van der Waals surface area contributed by atoms with Gasteiger partial charge in [0, 0.05) is 42.6 Å². The summed E-state index contributed by atoms with van der Waals surface area (Å²) in [6, 6.07) is 9.79. The molecule has 0 bridgehead atoms. The van der Waals surface area contributed by atoms with Gasteiger partial charge in [0.2, 0.25) is 0 Å². The second kappa shape index (κ2) is 18.8. The van der Waals surface area contributed by atoms with E-state index in [4.69, 9.17) is 0 Å². The van der Waals surface area contributed by atoms with Gasteiger partial charge in [0.25, 0.3) is 0 Å². The number of benzene rings is 1. The van der Waals surface area contributed by atoms with E-state index >= 15 is 0 Å². The molecule has 0 spiro atoms. The number of rotatable bonds is 7. The first-order chi connectivity index (χ1) is 9.10. The smallest absolute Gasteiger partial charge is 2.00 e. The molecule has 3 nitrogen and oxygen atoms in total. The van der Waals surface area contributed by atoms with Crippen LogP contribution in [0.5, 0.6) is 0 Å². The zero-order chi connectivity index (χ0) is 14.5. The predicted octanol–water partition coefficient (Wildman–Crippen LogP) is 2.56. The number of hydrogen-bond donors (Lipinski definition) is 3. The van der Waals surface area contributed by atoms with Gasteiger partial charge in [-0.2, -0.15) is 25.3 Å². The van der Waals surface area contributed by atoms with E-state index in [0.717, 1.165) is 42.6 Å². The van der Waals surface area contributed by atoms with Crippen LogP contribution < -0.4 is 0 Å². The summed E-state index contributed by atoms with van der Waals surface area (Å²) in [5, 5.41) is 0. The third kappa shape index (κ3) is 18.8. The fourth-order valence-corrected chi connectivity index (χ4v) is 2.13. The Morgan fingerprint density at radius 2 is 1.33 bits per heavy atom. The molecule has 1 radical (unpaired) electrons. The molecule has 0 amide bonds. The van der Waals surface area contributed by atoms with Gasteiger partial charge in [0.05, 0.1) is 0 Å². The molecule has 0 N–H and O–H groups in total. The number of nitrogens with zero attached hydrogens (tertiary/aromatic N) is 2. The molecule has 0 heterocycles. The molecule has 21 heavy (non-hydrogen) atoms. The van der Waals surface area contributed by atoms with Gasteiger partial charge >= 0.3 is 20.1 Å². The van der Waals surface area contributed by atoms with E-state index in [0.29, 0.717) is 0 Å². The molecule has 0 fully saturated rings. The summed E-state index contributed by atoms with van der Waals surface area (Å²) in [5.41, 5.74) is 0. The number of thiol groups is 3. The Hall–Kier alpha value is 0.799. The van der Waals surface area contributed by atoms with E-state index < -0.39 is 0 Å². The fourth-order valence-electron chi connectivity index (χ4n) is 1.39. The summed E-state index contributed by atoms with van der Waals surface area (Å²) in [6.07, 6.45) is 0. The van der Waals surface area contributed by atoms with Crippen molar-refractivity contribution in [3.63, 3.8) is 0 Å². The Bertz CT molecular complexity index is 300. The summed E-state index contributed by atoms with van der Waals surface area (Å²) in [5.74, 6) is 1.86. The van der Waals surface area contributed by atoms with Gasteiger partial charge in [-0.25, -0.2) is 0 Å². The van der Waals surface area contributed by atoms with Gasteiger partial charge in [0.15, 0.2) is 0 Å². The third-order valence-corrected chi connectivity index (χ3v) is 3.15. The van der Waals surface area contributed by atoms with Crippen LogP contribution in [0.1, 0.15) is 0 Å². The summed E-state index contributed by atoms with van der Waals surface area (Å²) < 4.78 is 0. The maximum absolute atomic E-state index is 4.22. The van der Waals surface area contributed by atoms with Crippen LogP contribution in [-0.4, -0.2) is 61.6 Å². The first-order valence-corrected chi connectivity index (χ1v) is 8.14. The normalized spacial score (nSPS) is 9.48.